The number of benzene rings is 1. The Morgan fingerprint density at radius 2 is 2.17 bits per heavy atom. The molecule has 5 heteroatoms. The summed E-state index contributed by atoms with van der Waals surface area (Å²) < 4.78 is 5.80. The Hall–Kier alpha value is -1.72. The molecule has 0 N–H and O–H groups in total. The van der Waals surface area contributed by atoms with E-state index < -0.39 is 0 Å². The van der Waals surface area contributed by atoms with Gasteiger partial charge in [0.2, 0.25) is 5.91 Å². The van der Waals surface area contributed by atoms with E-state index in [-0.39, 0.29) is 18.1 Å². The van der Waals surface area contributed by atoms with Gasteiger partial charge in [-0.3, -0.25) is 4.79 Å². The Labute approximate surface area is 146 Å². The molecule has 1 aliphatic carbocycles. The zero-order valence-electron chi connectivity index (χ0n) is 13.7. The smallest absolute Gasteiger partial charge is 0.229 e. The van der Waals surface area contributed by atoms with Gasteiger partial charge in [0.25, 0.3) is 0 Å². The highest BCUT2D eigenvalue weighted by Crippen LogP contribution is 2.30. The minimum absolute atomic E-state index is 0.201. The second-order valence-electron chi connectivity index (χ2n) is 6.57. The van der Waals surface area contributed by atoms with Crippen LogP contribution in [0.4, 0.5) is 0 Å². The second kappa shape index (κ2) is 7.03. The van der Waals surface area contributed by atoms with Crippen LogP contribution in [0, 0.1) is 0 Å². The zero-order valence-corrected chi connectivity index (χ0v) is 14.5. The van der Waals surface area contributed by atoms with Gasteiger partial charge in [-0.1, -0.05) is 30.3 Å². The molecule has 0 unspecified atom stereocenters. The summed E-state index contributed by atoms with van der Waals surface area (Å²) in [5, 5.41) is 3.10. The molecule has 4 nitrogen and oxygen atoms in total. The van der Waals surface area contributed by atoms with Crippen molar-refractivity contribution in [3.05, 3.63) is 52.0 Å². The number of ether oxygens (including phenoxy) is 1. The first-order chi connectivity index (χ1) is 11.8. The van der Waals surface area contributed by atoms with Gasteiger partial charge in [-0.15, -0.1) is 11.3 Å². The summed E-state index contributed by atoms with van der Waals surface area (Å²) in [5.74, 6) is 0.201. The summed E-state index contributed by atoms with van der Waals surface area (Å²) in [5.41, 5.74) is 2.16. The first-order valence-electron chi connectivity index (χ1n) is 8.68. The molecule has 0 radical (unpaired) electrons. The van der Waals surface area contributed by atoms with Gasteiger partial charge in [0, 0.05) is 18.3 Å². The van der Waals surface area contributed by atoms with Crippen molar-refractivity contribution in [1.29, 1.82) is 0 Å². The molecule has 1 aliphatic heterocycles. The van der Waals surface area contributed by atoms with E-state index in [0.29, 0.717) is 13.0 Å². The van der Waals surface area contributed by atoms with Gasteiger partial charge in [-0.05, 0) is 24.8 Å². The van der Waals surface area contributed by atoms with Gasteiger partial charge >= 0.3 is 0 Å². The molecule has 0 bridgehead atoms. The van der Waals surface area contributed by atoms with Crippen LogP contribution in [0.15, 0.2) is 35.7 Å². The highest BCUT2D eigenvalue weighted by atomic mass is 32.1. The van der Waals surface area contributed by atoms with Crippen LogP contribution in [0.2, 0.25) is 0 Å². The van der Waals surface area contributed by atoms with Crippen LogP contribution in [0.3, 0.4) is 0 Å². The van der Waals surface area contributed by atoms with Crippen molar-refractivity contribution in [3.63, 3.8) is 0 Å². The number of morpholine rings is 1. The van der Waals surface area contributed by atoms with Crippen molar-refractivity contribution in [3.8, 4) is 0 Å². The average molecular weight is 342 g/mol. The molecule has 1 saturated heterocycles. The van der Waals surface area contributed by atoms with Crippen LogP contribution >= 0.6 is 11.3 Å². The van der Waals surface area contributed by atoms with E-state index in [1.54, 1.807) is 11.3 Å². The standard InChI is InChI=1S/C19H22N2O2S/c22-19(21-9-10-23-17-8-4-7-16(17)21)12-15-13-24-18(20-15)11-14-5-2-1-3-6-14/h1-3,5-6,13,16-17H,4,7-12H2/t16-,17-/m0/s1. The SMILES string of the molecule is O=C(Cc1csc(Cc2ccccc2)n1)N1CCO[C@H]2CCC[C@@H]21. The molecule has 1 saturated carbocycles. The number of fused-ring (bicyclic) bond motifs is 1. The minimum atomic E-state index is 0.201. The highest BCUT2D eigenvalue weighted by molar-refractivity contribution is 7.09. The molecule has 24 heavy (non-hydrogen) atoms. The van der Waals surface area contributed by atoms with Crippen LogP contribution in [-0.2, 0) is 22.4 Å². The predicted octanol–water partition coefficient (Wildman–Crippen LogP) is 3.06. The lowest BCUT2D eigenvalue weighted by Crippen LogP contribution is -2.51. The molecule has 2 fully saturated rings. The molecule has 2 aliphatic rings. The number of thiazole rings is 1. The summed E-state index contributed by atoms with van der Waals surface area (Å²) in [7, 11) is 0. The average Bonchev–Trinajstić information content (AvgIpc) is 3.24. The summed E-state index contributed by atoms with van der Waals surface area (Å²) in [4.78, 5) is 19.4. The summed E-state index contributed by atoms with van der Waals surface area (Å²) in [6.45, 7) is 1.39. The van der Waals surface area contributed by atoms with Crippen molar-refractivity contribution < 1.29 is 9.53 Å². The molecule has 1 aromatic heterocycles. The van der Waals surface area contributed by atoms with Gasteiger partial charge in [-0.2, -0.15) is 0 Å². The Bertz CT molecular complexity index is 700. The lowest BCUT2D eigenvalue weighted by atomic mass is 10.1. The fraction of sp³-hybridized carbons (Fsp3) is 0.474. The van der Waals surface area contributed by atoms with Gasteiger partial charge in [0.05, 0.1) is 35.9 Å². The Morgan fingerprint density at radius 3 is 3.04 bits per heavy atom. The maximum Gasteiger partial charge on any atom is 0.229 e. The topological polar surface area (TPSA) is 42.4 Å². The number of aromatic nitrogens is 1. The molecule has 2 aromatic rings. The molecule has 1 aromatic carbocycles. The van der Waals surface area contributed by atoms with Crippen molar-refractivity contribution in [2.75, 3.05) is 13.2 Å². The normalized spacial score (nSPS) is 23.2. The number of carbonyl (C=O) groups excluding carboxylic acids is 1. The van der Waals surface area contributed by atoms with E-state index in [4.69, 9.17) is 4.74 Å². The largest absolute Gasteiger partial charge is 0.374 e. The van der Waals surface area contributed by atoms with E-state index in [0.717, 1.165) is 42.9 Å². The van der Waals surface area contributed by atoms with E-state index in [9.17, 15) is 4.79 Å². The monoisotopic (exact) mass is 342 g/mol. The first kappa shape index (κ1) is 15.8. The lowest BCUT2D eigenvalue weighted by Gasteiger charge is -2.37. The quantitative estimate of drug-likeness (QED) is 0.858. The summed E-state index contributed by atoms with van der Waals surface area (Å²) >= 11 is 1.65. The zero-order chi connectivity index (χ0) is 16.4. The molecular formula is C19H22N2O2S. The van der Waals surface area contributed by atoms with E-state index >= 15 is 0 Å². The van der Waals surface area contributed by atoms with Crippen LogP contribution in [-0.4, -0.2) is 41.1 Å². The van der Waals surface area contributed by atoms with E-state index in [2.05, 4.69) is 17.1 Å². The summed E-state index contributed by atoms with van der Waals surface area (Å²) in [6.07, 6.45) is 4.83. The Morgan fingerprint density at radius 1 is 1.29 bits per heavy atom. The molecule has 1 amide bonds. The van der Waals surface area contributed by atoms with Crippen molar-refractivity contribution in [2.45, 2.75) is 44.2 Å². The number of hydrogen-bond donors (Lipinski definition) is 0. The number of carbonyl (C=O) groups is 1. The minimum Gasteiger partial charge on any atom is -0.374 e. The van der Waals surface area contributed by atoms with Gasteiger partial charge in [0.15, 0.2) is 0 Å². The molecular weight excluding hydrogens is 320 g/mol. The van der Waals surface area contributed by atoms with Gasteiger partial charge in [0.1, 0.15) is 0 Å². The number of nitrogens with zero attached hydrogens (tertiary/aromatic N) is 2. The number of amides is 1. The molecule has 4 rings (SSSR count). The highest BCUT2D eigenvalue weighted by Gasteiger charge is 2.38. The van der Waals surface area contributed by atoms with E-state index in [1.807, 2.05) is 28.5 Å². The van der Waals surface area contributed by atoms with Gasteiger partial charge in [-0.25, -0.2) is 4.98 Å². The van der Waals surface area contributed by atoms with Crippen LogP contribution < -0.4 is 0 Å². The third-order valence-corrected chi connectivity index (χ3v) is 5.83. The third-order valence-electron chi connectivity index (χ3n) is 4.93. The van der Waals surface area contributed by atoms with Crippen LogP contribution in [0.25, 0.3) is 0 Å². The van der Waals surface area contributed by atoms with Crippen molar-refractivity contribution >= 4 is 17.2 Å². The lowest BCUT2D eigenvalue weighted by molar-refractivity contribution is -0.143. The predicted molar refractivity (Wildman–Crippen MR) is 94.2 cm³/mol. The fourth-order valence-corrected chi connectivity index (χ4v) is 4.60. The molecule has 0 spiro atoms. The van der Waals surface area contributed by atoms with Gasteiger partial charge < -0.3 is 9.64 Å². The molecule has 126 valence electrons. The maximum absolute atomic E-state index is 12.7. The third kappa shape index (κ3) is 3.37. The second-order valence-corrected chi connectivity index (χ2v) is 7.51. The van der Waals surface area contributed by atoms with Crippen molar-refractivity contribution in [1.82, 2.24) is 9.88 Å². The maximum atomic E-state index is 12.7. The molecule has 2 heterocycles. The van der Waals surface area contributed by atoms with E-state index in [1.165, 1.54) is 5.56 Å². The van der Waals surface area contributed by atoms with Crippen molar-refractivity contribution in [2.24, 2.45) is 0 Å². The van der Waals surface area contributed by atoms with Crippen LogP contribution in [0.1, 0.15) is 35.5 Å². The Balaban J connectivity index is 1.39. The Kier molecular flexibility index (Phi) is 4.63. The number of rotatable bonds is 4. The first-order valence-corrected chi connectivity index (χ1v) is 9.56. The summed E-state index contributed by atoms with van der Waals surface area (Å²) in [6, 6.07) is 10.6. The van der Waals surface area contributed by atoms with Crippen LogP contribution in [0.5, 0.6) is 0 Å². The number of hydrogen-bond acceptors (Lipinski definition) is 4. The fourth-order valence-electron chi connectivity index (χ4n) is 3.77. The molecule has 2 atom stereocenters.